The average molecular weight is 413 g/mol. The first-order valence-corrected chi connectivity index (χ1v) is 10.2. The van der Waals surface area contributed by atoms with Crippen LogP contribution in [-0.2, 0) is 9.59 Å². The fourth-order valence-corrected chi connectivity index (χ4v) is 3.65. The molecule has 0 unspecified atom stereocenters. The maximum atomic E-state index is 13.0. The standard InChI is InChI=1S/C23H29FN4O2/c1-16-5-4-6-17(2)22(16)26-21(29)15-27-11-13-28(14-12-27)18(3)23(30)25-20-9-7-19(24)8-10-20/h4-10,18H,11-15H2,1-3H3,(H,25,30)(H,26,29)/t18-/m1/s1. The van der Waals surface area contributed by atoms with Gasteiger partial charge >= 0.3 is 0 Å². The monoisotopic (exact) mass is 412 g/mol. The molecule has 0 aromatic heterocycles. The zero-order valence-electron chi connectivity index (χ0n) is 17.7. The van der Waals surface area contributed by atoms with Crippen molar-refractivity contribution in [3.05, 3.63) is 59.4 Å². The van der Waals surface area contributed by atoms with Gasteiger partial charge in [0.25, 0.3) is 0 Å². The van der Waals surface area contributed by atoms with E-state index in [1.807, 2.05) is 39.0 Å². The summed E-state index contributed by atoms with van der Waals surface area (Å²) in [5, 5.41) is 5.85. The second kappa shape index (κ2) is 9.82. The summed E-state index contributed by atoms with van der Waals surface area (Å²) in [7, 11) is 0. The topological polar surface area (TPSA) is 64.7 Å². The first-order valence-electron chi connectivity index (χ1n) is 10.2. The number of hydrogen-bond acceptors (Lipinski definition) is 4. The van der Waals surface area contributed by atoms with E-state index < -0.39 is 0 Å². The molecule has 1 fully saturated rings. The lowest BCUT2D eigenvalue weighted by Gasteiger charge is -2.37. The first-order chi connectivity index (χ1) is 14.3. The maximum Gasteiger partial charge on any atom is 0.241 e. The minimum absolute atomic E-state index is 0.0250. The molecule has 1 atom stereocenters. The molecule has 7 heteroatoms. The number of aryl methyl sites for hydroxylation is 2. The van der Waals surface area contributed by atoms with Gasteiger partial charge in [0, 0.05) is 37.6 Å². The summed E-state index contributed by atoms with van der Waals surface area (Å²) in [6, 6.07) is 11.4. The van der Waals surface area contributed by atoms with Gasteiger partial charge in [-0.15, -0.1) is 0 Å². The molecule has 1 heterocycles. The normalized spacial score (nSPS) is 16.1. The molecule has 0 spiro atoms. The van der Waals surface area contributed by atoms with Crippen molar-refractivity contribution < 1.29 is 14.0 Å². The number of nitrogens with zero attached hydrogens (tertiary/aromatic N) is 2. The van der Waals surface area contributed by atoms with Crippen LogP contribution >= 0.6 is 0 Å². The van der Waals surface area contributed by atoms with Gasteiger partial charge in [0.15, 0.2) is 0 Å². The summed E-state index contributed by atoms with van der Waals surface area (Å²) < 4.78 is 13.0. The number of halogens is 1. The third-order valence-electron chi connectivity index (χ3n) is 5.56. The highest BCUT2D eigenvalue weighted by Gasteiger charge is 2.26. The van der Waals surface area contributed by atoms with Crippen LogP contribution < -0.4 is 10.6 Å². The lowest BCUT2D eigenvalue weighted by Crippen LogP contribution is -2.53. The van der Waals surface area contributed by atoms with E-state index in [0.29, 0.717) is 38.4 Å². The number of hydrogen-bond donors (Lipinski definition) is 2. The smallest absolute Gasteiger partial charge is 0.241 e. The third-order valence-corrected chi connectivity index (χ3v) is 5.56. The number of nitrogens with one attached hydrogen (secondary N) is 2. The minimum atomic E-state index is -0.334. The minimum Gasteiger partial charge on any atom is -0.325 e. The Morgan fingerprint density at radius 2 is 1.57 bits per heavy atom. The van der Waals surface area contributed by atoms with Crippen LogP contribution in [0.5, 0.6) is 0 Å². The molecule has 3 rings (SSSR count). The van der Waals surface area contributed by atoms with Crippen molar-refractivity contribution in [3.63, 3.8) is 0 Å². The van der Waals surface area contributed by atoms with Crippen LogP contribution in [0.2, 0.25) is 0 Å². The van der Waals surface area contributed by atoms with Gasteiger partial charge in [0.05, 0.1) is 12.6 Å². The molecule has 2 aromatic rings. The van der Waals surface area contributed by atoms with E-state index in [2.05, 4.69) is 20.4 Å². The van der Waals surface area contributed by atoms with Crippen molar-refractivity contribution in [2.45, 2.75) is 26.8 Å². The highest BCUT2D eigenvalue weighted by atomic mass is 19.1. The van der Waals surface area contributed by atoms with Crippen molar-refractivity contribution in [1.82, 2.24) is 9.80 Å². The Kier molecular flexibility index (Phi) is 7.18. The van der Waals surface area contributed by atoms with Crippen LogP contribution in [0.3, 0.4) is 0 Å². The number of benzene rings is 2. The third kappa shape index (κ3) is 5.64. The van der Waals surface area contributed by atoms with E-state index in [1.165, 1.54) is 12.1 Å². The molecule has 160 valence electrons. The fraction of sp³-hybridized carbons (Fsp3) is 0.391. The molecular formula is C23H29FN4O2. The second-order valence-corrected chi connectivity index (χ2v) is 7.80. The van der Waals surface area contributed by atoms with Gasteiger partial charge in [-0.25, -0.2) is 4.39 Å². The van der Waals surface area contributed by atoms with E-state index in [4.69, 9.17) is 0 Å². The summed E-state index contributed by atoms with van der Waals surface area (Å²) >= 11 is 0. The van der Waals surface area contributed by atoms with Crippen molar-refractivity contribution in [3.8, 4) is 0 Å². The van der Waals surface area contributed by atoms with Crippen LogP contribution in [0.4, 0.5) is 15.8 Å². The Morgan fingerprint density at radius 3 is 2.17 bits per heavy atom. The Bertz CT molecular complexity index is 872. The zero-order chi connectivity index (χ0) is 21.7. The number of piperazine rings is 1. The number of carbonyl (C=O) groups excluding carboxylic acids is 2. The average Bonchev–Trinajstić information content (AvgIpc) is 2.72. The highest BCUT2D eigenvalue weighted by Crippen LogP contribution is 2.19. The number of anilines is 2. The number of para-hydroxylation sites is 1. The molecule has 2 amide bonds. The summed E-state index contributed by atoms with van der Waals surface area (Å²) in [6.45, 7) is 9.01. The van der Waals surface area contributed by atoms with Gasteiger partial charge in [0.1, 0.15) is 5.82 Å². The SMILES string of the molecule is Cc1cccc(C)c1NC(=O)CN1CCN([C@H](C)C(=O)Nc2ccc(F)cc2)CC1. The molecule has 0 bridgehead atoms. The fourth-order valence-electron chi connectivity index (χ4n) is 3.65. The Labute approximate surface area is 177 Å². The summed E-state index contributed by atoms with van der Waals surface area (Å²) in [4.78, 5) is 29.2. The molecule has 2 aromatic carbocycles. The molecule has 0 saturated carbocycles. The summed E-state index contributed by atoms with van der Waals surface area (Å²) in [5.74, 6) is -0.482. The largest absolute Gasteiger partial charge is 0.325 e. The van der Waals surface area contributed by atoms with Crippen LogP contribution in [0.25, 0.3) is 0 Å². The molecule has 1 aliphatic rings. The Balaban J connectivity index is 1.46. The molecule has 30 heavy (non-hydrogen) atoms. The molecule has 6 nitrogen and oxygen atoms in total. The lowest BCUT2D eigenvalue weighted by atomic mass is 10.1. The number of carbonyl (C=O) groups is 2. The first kappa shape index (κ1) is 21.9. The van der Waals surface area contributed by atoms with E-state index in [9.17, 15) is 14.0 Å². The highest BCUT2D eigenvalue weighted by molar-refractivity contribution is 5.95. The van der Waals surface area contributed by atoms with Crippen LogP contribution in [-0.4, -0.2) is 60.4 Å². The van der Waals surface area contributed by atoms with Crippen LogP contribution in [0.1, 0.15) is 18.1 Å². The van der Waals surface area contributed by atoms with E-state index in [1.54, 1.807) is 12.1 Å². The Morgan fingerprint density at radius 1 is 0.967 bits per heavy atom. The van der Waals surface area contributed by atoms with Gasteiger partial charge < -0.3 is 10.6 Å². The van der Waals surface area contributed by atoms with E-state index >= 15 is 0 Å². The van der Waals surface area contributed by atoms with Crippen LogP contribution in [0, 0.1) is 19.7 Å². The molecule has 0 radical (unpaired) electrons. The van der Waals surface area contributed by atoms with Crippen LogP contribution in [0.15, 0.2) is 42.5 Å². The summed E-state index contributed by atoms with van der Waals surface area (Å²) in [6.07, 6.45) is 0. The Hall–Kier alpha value is -2.77. The van der Waals surface area contributed by atoms with Gasteiger partial charge in [-0.3, -0.25) is 19.4 Å². The predicted molar refractivity (Wildman–Crippen MR) is 117 cm³/mol. The molecular weight excluding hydrogens is 383 g/mol. The second-order valence-electron chi connectivity index (χ2n) is 7.80. The van der Waals surface area contributed by atoms with Crippen molar-refractivity contribution in [1.29, 1.82) is 0 Å². The van der Waals surface area contributed by atoms with Gasteiger partial charge in [-0.2, -0.15) is 0 Å². The predicted octanol–water partition coefficient (Wildman–Crippen LogP) is 3.03. The van der Waals surface area contributed by atoms with Crippen molar-refractivity contribution in [2.24, 2.45) is 0 Å². The number of amides is 2. The van der Waals surface area contributed by atoms with Crippen molar-refractivity contribution >= 4 is 23.2 Å². The van der Waals surface area contributed by atoms with Gasteiger partial charge in [-0.05, 0) is 56.2 Å². The number of rotatable bonds is 6. The molecule has 0 aliphatic carbocycles. The maximum absolute atomic E-state index is 13.0. The summed E-state index contributed by atoms with van der Waals surface area (Å²) in [5.41, 5.74) is 3.56. The zero-order valence-corrected chi connectivity index (χ0v) is 17.7. The quantitative estimate of drug-likeness (QED) is 0.766. The molecule has 2 N–H and O–H groups in total. The molecule has 1 aliphatic heterocycles. The van der Waals surface area contributed by atoms with E-state index in [-0.39, 0.29) is 23.7 Å². The van der Waals surface area contributed by atoms with Gasteiger partial charge in [-0.1, -0.05) is 18.2 Å². The van der Waals surface area contributed by atoms with Crippen molar-refractivity contribution in [2.75, 3.05) is 43.4 Å². The van der Waals surface area contributed by atoms with Gasteiger partial charge in [0.2, 0.25) is 11.8 Å². The van der Waals surface area contributed by atoms with E-state index in [0.717, 1.165) is 16.8 Å². The molecule has 1 saturated heterocycles. The lowest BCUT2D eigenvalue weighted by molar-refractivity contribution is -0.122.